The first-order chi connectivity index (χ1) is 12.1. The van der Waals surface area contributed by atoms with Crippen LogP contribution in [0.3, 0.4) is 0 Å². The van der Waals surface area contributed by atoms with E-state index in [1.54, 1.807) is 0 Å². The van der Waals surface area contributed by atoms with E-state index < -0.39 is 0 Å². The third-order valence-electron chi connectivity index (χ3n) is 4.71. The Kier molecular flexibility index (Phi) is 5.66. The maximum absolute atomic E-state index is 12.2. The fraction of sp³-hybridized carbons (Fsp3) is 0.400. The lowest BCUT2D eigenvalue weighted by Crippen LogP contribution is -2.45. The number of nitrogens with one attached hydrogen (secondary N) is 2. The number of likely N-dealkylation sites (tertiary alicyclic amines) is 1. The van der Waals surface area contributed by atoms with Crippen molar-refractivity contribution in [1.82, 2.24) is 15.2 Å². The van der Waals surface area contributed by atoms with Gasteiger partial charge < -0.3 is 10.6 Å². The summed E-state index contributed by atoms with van der Waals surface area (Å²) in [4.78, 5) is 18.7. The van der Waals surface area contributed by atoms with Gasteiger partial charge in [0.25, 0.3) is 0 Å². The van der Waals surface area contributed by atoms with Crippen molar-refractivity contribution in [3.05, 3.63) is 59.4 Å². The van der Waals surface area contributed by atoms with Crippen molar-refractivity contribution in [2.45, 2.75) is 39.3 Å². The van der Waals surface area contributed by atoms with Gasteiger partial charge in [-0.3, -0.25) is 9.88 Å². The highest BCUT2D eigenvalue weighted by Crippen LogP contribution is 2.17. The predicted octanol–water partition coefficient (Wildman–Crippen LogP) is 3.48. The maximum Gasteiger partial charge on any atom is 0.319 e. The first-order valence-electron chi connectivity index (χ1n) is 8.86. The molecule has 1 fully saturated rings. The molecule has 3 rings (SSSR count). The number of urea groups is 1. The number of anilines is 1. The van der Waals surface area contributed by atoms with Crippen molar-refractivity contribution in [2.24, 2.45) is 0 Å². The van der Waals surface area contributed by atoms with Gasteiger partial charge in [0, 0.05) is 43.8 Å². The second-order valence-electron chi connectivity index (χ2n) is 6.82. The fourth-order valence-electron chi connectivity index (χ4n) is 3.28. The van der Waals surface area contributed by atoms with Crippen LogP contribution >= 0.6 is 0 Å². The number of hydrogen-bond donors (Lipinski definition) is 2. The molecule has 132 valence electrons. The molecule has 1 aromatic carbocycles. The minimum atomic E-state index is -0.112. The molecule has 0 radical (unpaired) electrons. The lowest BCUT2D eigenvalue weighted by atomic mass is 10.0. The zero-order chi connectivity index (χ0) is 17.6. The molecule has 1 saturated heterocycles. The molecule has 5 heteroatoms. The van der Waals surface area contributed by atoms with Crippen LogP contribution < -0.4 is 10.6 Å². The Bertz CT molecular complexity index is 709. The number of rotatable bonds is 4. The number of aromatic nitrogens is 1. The third-order valence-corrected chi connectivity index (χ3v) is 4.71. The summed E-state index contributed by atoms with van der Waals surface area (Å²) in [5, 5.41) is 6.07. The van der Waals surface area contributed by atoms with Crippen LogP contribution in [-0.4, -0.2) is 35.0 Å². The highest BCUT2D eigenvalue weighted by Gasteiger charge is 2.20. The van der Waals surface area contributed by atoms with Crippen LogP contribution in [0.4, 0.5) is 10.5 Å². The number of carbonyl (C=O) groups excluding carboxylic acids is 1. The van der Waals surface area contributed by atoms with Crippen molar-refractivity contribution in [2.75, 3.05) is 18.4 Å². The molecule has 2 amide bonds. The summed E-state index contributed by atoms with van der Waals surface area (Å²) in [6.45, 7) is 7.01. The first-order valence-corrected chi connectivity index (χ1v) is 8.86. The third kappa shape index (κ3) is 5.03. The van der Waals surface area contributed by atoms with Gasteiger partial charge in [-0.25, -0.2) is 4.79 Å². The van der Waals surface area contributed by atoms with Crippen LogP contribution in [0, 0.1) is 13.8 Å². The van der Waals surface area contributed by atoms with Crippen LogP contribution in [0.1, 0.15) is 29.5 Å². The summed E-state index contributed by atoms with van der Waals surface area (Å²) in [5.74, 6) is 0. The highest BCUT2D eigenvalue weighted by atomic mass is 16.2. The van der Waals surface area contributed by atoms with Gasteiger partial charge in [-0.1, -0.05) is 17.7 Å². The summed E-state index contributed by atoms with van der Waals surface area (Å²) >= 11 is 0. The number of amides is 2. The van der Waals surface area contributed by atoms with Crippen LogP contribution in [0.5, 0.6) is 0 Å². The largest absolute Gasteiger partial charge is 0.335 e. The van der Waals surface area contributed by atoms with Gasteiger partial charge in [-0.2, -0.15) is 0 Å². The van der Waals surface area contributed by atoms with E-state index in [0.29, 0.717) is 0 Å². The van der Waals surface area contributed by atoms with Crippen LogP contribution in [0.2, 0.25) is 0 Å². The smallest absolute Gasteiger partial charge is 0.319 e. The van der Waals surface area contributed by atoms with E-state index in [1.165, 1.54) is 11.1 Å². The molecule has 2 aromatic rings. The lowest BCUT2D eigenvalue weighted by Gasteiger charge is -2.32. The average molecular weight is 338 g/mol. The summed E-state index contributed by atoms with van der Waals surface area (Å²) in [6, 6.07) is 10.3. The van der Waals surface area contributed by atoms with E-state index in [9.17, 15) is 4.79 Å². The molecule has 2 heterocycles. The van der Waals surface area contributed by atoms with Gasteiger partial charge in [-0.05, 0) is 56.0 Å². The van der Waals surface area contributed by atoms with Crippen LogP contribution in [0.15, 0.2) is 42.7 Å². The van der Waals surface area contributed by atoms with E-state index in [-0.39, 0.29) is 12.1 Å². The standard InChI is InChI=1S/C20H26N4O/c1-15-3-4-19(16(2)13-15)23-20(25)22-18-7-11-24(12-8-18)14-17-5-9-21-10-6-17/h3-6,9-10,13,18H,7-8,11-12,14H2,1-2H3,(H2,22,23,25). The number of benzene rings is 1. The molecule has 0 atom stereocenters. The Balaban J connectivity index is 1.44. The number of nitrogens with zero attached hydrogens (tertiary/aromatic N) is 2. The Morgan fingerprint density at radius 2 is 1.88 bits per heavy atom. The fourth-order valence-corrected chi connectivity index (χ4v) is 3.28. The van der Waals surface area contributed by atoms with Gasteiger partial charge in [0.2, 0.25) is 0 Å². The van der Waals surface area contributed by atoms with Gasteiger partial charge in [0.15, 0.2) is 0 Å². The Morgan fingerprint density at radius 3 is 2.56 bits per heavy atom. The SMILES string of the molecule is Cc1ccc(NC(=O)NC2CCN(Cc3ccncc3)CC2)c(C)c1. The monoisotopic (exact) mass is 338 g/mol. The quantitative estimate of drug-likeness (QED) is 0.897. The van der Waals surface area contributed by atoms with Crippen molar-refractivity contribution in [3.63, 3.8) is 0 Å². The average Bonchev–Trinajstić information content (AvgIpc) is 2.60. The van der Waals surface area contributed by atoms with Gasteiger partial charge >= 0.3 is 6.03 Å². The summed E-state index contributed by atoms with van der Waals surface area (Å²) in [6.07, 6.45) is 5.62. The van der Waals surface area contributed by atoms with Crippen molar-refractivity contribution in [1.29, 1.82) is 0 Å². The molecule has 25 heavy (non-hydrogen) atoms. The minimum absolute atomic E-state index is 0.112. The first kappa shape index (κ1) is 17.4. The van der Waals surface area contributed by atoms with E-state index in [2.05, 4.69) is 45.6 Å². The number of carbonyl (C=O) groups is 1. The van der Waals surface area contributed by atoms with Crippen molar-refractivity contribution in [3.8, 4) is 0 Å². The maximum atomic E-state index is 12.2. The second-order valence-corrected chi connectivity index (χ2v) is 6.82. The molecule has 5 nitrogen and oxygen atoms in total. The van der Waals surface area contributed by atoms with Crippen LogP contribution in [0.25, 0.3) is 0 Å². The molecule has 1 aliphatic heterocycles. The lowest BCUT2D eigenvalue weighted by molar-refractivity contribution is 0.190. The number of hydrogen-bond acceptors (Lipinski definition) is 3. The Labute approximate surface area is 149 Å². The topological polar surface area (TPSA) is 57.3 Å². The normalized spacial score (nSPS) is 15.8. The van der Waals surface area contributed by atoms with E-state index >= 15 is 0 Å². The Morgan fingerprint density at radius 1 is 1.16 bits per heavy atom. The van der Waals surface area contributed by atoms with Crippen LogP contribution in [-0.2, 0) is 6.54 Å². The molecule has 1 aromatic heterocycles. The molecule has 0 aliphatic carbocycles. The molecule has 0 spiro atoms. The van der Waals surface area contributed by atoms with Gasteiger partial charge in [0.05, 0.1) is 0 Å². The molecule has 0 unspecified atom stereocenters. The van der Waals surface area contributed by atoms with E-state index in [1.807, 2.05) is 31.5 Å². The van der Waals surface area contributed by atoms with E-state index in [4.69, 9.17) is 0 Å². The Hall–Kier alpha value is -2.40. The molecular formula is C20H26N4O. The number of pyridine rings is 1. The summed E-state index contributed by atoms with van der Waals surface area (Å²) in [5.41, 5.74) is 4.44. The number of piperidine rings is 1. The zero-order valence-electron chi connectivity index (χ0n) is 15.0. The molecule has 2 N–H and O–H groups in total. The van der Waals surface area contributed by atoms with Crippen molar-refractivity contribution >= 4 is 11.7 Å². The molecular weight excluding hydrogens is 312 g/mol. The van der Waals surface area contributed by atoms with Gasteiger partial charge in [0.1, 0.15) is 0 Å². The van der Waals surface area contributed by atoms with Crippen molar-refractivity contribution < 1.29 is 4.79 Å². The minimum Gasteiger partial charge on any atom is -0.335 e. The second kappa shape index (κ2) is 8.12. The zero-order valence-corrected chi connectivity index (χ0v) is 15.0. The molecule has 0 saturated carbocycles. The number of aryl methyl sites for hydroxylation is 2. The predicted molar refractivity (Wildman–Crippen MR) is 101 cm³/mol. The molecule has 1 aliphatic rings. The van der Waals surface area contributed by atoms with Gasteiger partial charge in [-0.15, -0.1) is 0 Å². The van der Waals surface area contributed by atoms with E-state index in [0.717, 1.165) is 43.7 Å². The molecule has 0 bridgehead atoms. The summed E-state index contributed by atoms with van der Waals surface area (Å²) < 4.78 is 0. The highest BCUT2D eigenvalue weighted by molar-refractivity contribution is 5.90. The summed E-state index contributed by atoms with van der Waals surface area (Å²) in [7, 11) is 0.